The predicted octanol–water partition coefficient (Wildman–Crippen LogP) is 5.61. The molecule has 6 heteroatoms. The Kier molecular flexibility index (Phi) is 17.0. The van der Waals surface area contributed by atoms with E-state index in [9.17, 15) is 9.46 Å². The molecule has 0 aromatic rings. The lowest BCUT2D eigenvalue weighted by molar-refractivity contribution is 0.110. The molecule has 0 heterocycles. The zero-order chi connectivity index (χ0) is 16.1. The van der Waals surface area contributed by atoms with Crippen molar-refractivity contribution in [2.75, 3.05) is 13.2 Å². The lowest BCUT2D eigenvalue weighted by atomic mass is 10.0. The van der Waals surface area contributed by atoms with Crippen molar-refractivity contribution in [2.24, 2.45) is 11.8 Å². The predicted molar refractivity (Wildman–Crippen MR) is 99.4 cm³/mol. The fourth-order valence-corrected chi connectivity index (χ4v) is 3.11. The van der Waals surface area contributed by atoms with Gasteiger partial charge in [0.15, 0.2) is 0 Å². The van der Waals surface area contributed by atoms with E-state index in [2.05, 4.69) is 27.7 Å². The molecule has 3 unspecified atom stereocenters. The summed E-state index contributed by atoms with van der Waals surface area (Å²) in [4.78, 5) is 9.77. The third kappa shape index (κ3) is 13.0. The van der Waals surface area contributed by atoms with Gasteiger partial charge in [-0.25, -0.2) is 4.57 Å². The van der Waals surface area contributed by atoms with Crippen LogP contribution in [-0.4, -0.2) is 18.1 Å². The Balaban J connectivity index is 0. The second kappa shape index (κ2) is 15.1. The molecular formula is C16H38O4P2. The summed E-state index contributed by atoms with van der Waals surface area (Å²) in [6, 6.07) is 0. The first-order chi connectivity index (χ1) is 9.99. The third-order valence-electron chi connectivity index (χ3n) is 4.03. The van der Waals surface area contributed by atoms with Crippen LogP contribution in [0.5, 0.6) is 0 Å². The molecule has 1 N–H and O–H groups in total. The summed E-state index contributed by atoms with van der Waals surface area (Å²) in [6.45, 7) is 9.10. The van der Waals surface area contributed by atoms with Crippen LogP contribution in [0.3, 0.4) is 0 Å². The number of hydrogen-bond donors (Lipinski definition) is 1. The third-order valence-corrected chi connectivity index (χ3v) is 4.98. The molecule has 0 aliphatic rings. The van der Waals surface area contributed by atoms with Gasteiger partial charge in [0.2, 0.25) is 0 Å². The van der Waals surface area contributed by atoms with E-state index in [1.807, 2.05) is 0 Å². The molecule has 22 heavy (non-hydrogen) atoms. The zero-order valence-electron chi connectivity index (χ0n) is 15.1. The second-order valence-electron chi connectivity index (χ2n) is 5.89. The van der Waals surface area contributed by atoms with Gasteiger partial charge in [0.25, 0.3) is 0 Å². The first-order valence-electron chi connectivity index (χ1n) is 8.60. The van der Waals surface area contributed by atoms with Crippen molar-refractivity contribution in [3.05, 3.63) is 0 Å². The largest absolute Gasteiger partial charge is 0.472 e. The molecule has 0 saturated heterocycles. The van der Waals surface area contributed by atoms with E-state index < -0.39 is 7.82 Å². The average molecular weight is 356 g/mol. The van der Waals surface area contributed by atoms with E-state index in [4.69, 9.17) is 9.05 Å². The highest BCUT2D eigenvalue weighted by molar-refractivity contribution is 7.47. The van der Waals surface area contributed by atoms with Crippen molar-refractivity contribution in [3.8, 4) is 0 Å². The lowest BCUT2D eigenvalue weighted by Crippen LogP contribution is -2.12. The molecule has 0 aliphatic carbocycles. The maximum Gasteiger partial charge on any atom is 0.472 e. The van der Waals surface area contributed by atoms with Crippen molar-refractivity contribution < 1.29 is 18.5 Å². The van der Waals surface area contributed by atoms with Gasteiger partial charge in [0.1, 0.15) is 0 Å². The highest BCUT2D eigenvalue weighted by atomic mass is 31.2. The number of phosphoric acid groups is 1. The van der Waals surface area contributed by atoms with Gasteiger partial charge in [-0.1, -0.05) is 66.2 Å². The highest BCUT2D eigenvalue weighted by Gasteiger charge is 2.24. The summed E-state index contributed by atoms with van der Waals surface area (Å²) in [5.74, 6) is 0.687. The van der Waals surface area contributed by atoms with E-state index in [1.165, 1.54) is 0 Å². The molecule has 0 fully saturated rings. The van der Waals surface area contributed by atoms with Crippen LogP contribution in [-0.2, 0) is 13.6 Å². The van der Waals surface area contributed by atoms with E-state index in [-0.39, 0.29) is 9.90 Å². The van der Waals surface area contributed by atoms with Crippen LogP contribution in [0.25, 0.3) is 0 Å². The fraction of sp³-hybridized carbons (Fsp3) is 1.00. The molecule has 0 aromatic heterocycles. The molecule has 0 radical (unpaired) electrons. The minimum absolute atomic E-state index is 0. The van der Waals surface area contributed by atoms with Crippen molar-refractivity contribution in [3.63, 3.8) is 0 Å². The second-order valence-corrected chi connectivity index (χ2v) is 7.35. The fourth-order valence-electron chi connectivity index (χ4n) is 2.23. The first kappa shape index (κ1) is 24.8. The Morgan fingerprint density at radius 3 is 1.50 bits per heavy atom. The molecule has 3 atom stereocenters. The van der Waals surface area contributed by atoms with E-state index >= 15 is 0 Å². The van der Waals surface area contributed by atoms with E-state index in [0.29, 0.717) is 25.0 Å². The Bertz CT molecular complexity index is 263. The summed E-state index contributed by atoms with van der Waals surface area (Å²) in [7, 11) is -3.89. The van der Waals surface area contributed by atoms with Gasteiger partial charge in [-0.2, -0.15) is 9.90 Å². The standard InChI is InChI=1S/C16H35O4P.H3P/c1-5-9-11-15(7-3)13-19-21(17,18)20-14-16(8-4)12-10-6-2;/h15-16H,5-14H2,1-4H3,(H,17,18);1H3. The quantitative estimate of drug-likeness (QED) is 0.411. The maximum absolute atomic E-state index is 11.9. The minimum Gasteiger partial charge on any atom is -0.302 e. The number of rotatable bonds is 14. The van der Waals surface area contributed by atoms with Gasteiger partial charge in [-0.05, 0) is 24.7 Å². The van der Waals surface area contributed by atoms with Crippen LogP contribution in [0.2, 0.25) is 0 Å². The molecular weight excluding hydrogens is 318 g/mol. The Morgan fingerprint density at radius 2 is 1.23 bits per heavy atom. The Morgan fingerprint density at radius 1 is 0.864 bits per heavy atom. The average Bonchev–Trinajstić information content (AvgIpc) is 2.47. The van der Waals surface area contributed by atoms with Crippen molar-refractivity contribution in [1.29, 1.82) is 0 Å². The van der Waals surface area contributed by atoms with Crippen molar-refractivity contribution in [1.82, 2.24) is 0 Å². The molecule has 0 aromatic carbocycles. The zero-order valence-corrected chi connectivity index (χ0v) is 17.4. The smallest absolute Gasteiger partial charge is 0.302 e. The van der Waals surface area contributed by atoms with Crippen LogP contribution >= 0.6 is 17.7 Å². The van der Waals surface area contributed by atoms with Crippen LogP contribution in [0, 0.1) is 11.8 Å². The molecule has 136 valence electrons. The van der Waals surface area contributed by atoms with Crippen LogP contribution < -0.4 is 0 Å². The highest BCUT2D eigenvalue weighted by Crippen LogP contribution is 2.44. The normalized spacial score (nSPS) is 16.6. The molecule has 0 rings (SSSR count). The molecule has 0 bridgehead atoms. The van der Waals surface area contributed by atoms with Gasteiger partial charge >= 0.3 is 7.82 Å². The first-order valence-corrected chi connectivity index (χ1v) is 10.1. The van der Waals surface area contributed by atoms with Crippen LogP contribution in [0.1, 0.15) is 79.1 Å². The Labute approximate surface area is 141 Å². The van der Waals surface area contributed by atoms with Gasteiger partial charge in [0, 0.05) is 0 Å². The van der Waals surface area contributed by atoms with Gasteiger partial charge in [-0.3, -0.25) is 9.05 Å². The molecule has 0 amide bonds. The van der Waals surface area contributed by atoms with E-state index in [0.717, 1.165) is 51.4 Å². The van der Waals surface area contributed by atoms with Crippen molar-refractivity contribution in [2.45, 2.75) is 79.1 Å². The molecule has 4 nitrogen and oxygen atoms in total. The SMILES string of the molecule is CCCCC(CC)COP(=O)(O)OCC(CC)CCCC.P. The van der Waals surface area contributed by atoms with Gasteiger partial charge in [0.05, 0.1) is 13.2 Å². The van der Waals surface area contributed by atoms with E-state index in [1.54, 1.807) is 0 Å². The minimum atomic E-state index is -3.89. The molecule has 0 saturated carbocycles. The summed E-state index contributed by atoms with van der Waals surface area (Å²) in [6.07, 6.45) is 8.56. The van der Waals surface area contributed by atoms with Gasteiger partial charge < -0.3 is 4.89 Å². The Hall–Kier alpha value is 0.540. The van der Waals surface area contributed by atoms with Crippen LogP contribution in [0.15, 0.2) is 0 Å². The topological polar surface area (TPSA) is 55.8 Å². The maximum atomic E-state index is 11.9. The van der Waals surface area contributed by atoms with Crippen LogP contribution in [0.4, 0.5) is 0 Å². The monoisotopic (exact) mass is 356 g/mol. The summed E-state index contributed by atoms with van der Waals surface area (Å²) in [5, 5.41) is 0. The number of unbranched alkanes of at least 4 members (excludes halogenated alkanes) is 2. The van der Waals surface area contributed by atoms with Crippen molar-refractivity contribution >= 4 is 17.7 Å². The summed E-state index contributed by atoms with van der Waals surface area (Å²) in [5.41, 5.74) is 0. The lowest BCUT2D eigenvalue weighted by Gasteiger charge is -2.20. The molecule has 0 aliphatic heterocycles. The summed E-state index contributed by atoms with van der Waals surface area (Å²) < 4.78 is 22.2. The summed E-state index contributed by atoms with van der Waals surface area (Å²) >= 11 is 0. The number of phosphoric ester groups is 1. The number of hydrogen-bond acceptors (Lipinski definition) is 3. The van der Waals surface area contributed by atoms with Gasteiger partial charge in [-0.15, -0.1) is 0 Å². The molecule has 0 spiro atoms.